The molecular weight excluding hydrogens is 304 g/mol. The van der Waals surface area contributed by atoms with E-state index in [1.54, 1.807) is 24.9 Å². The van der Waals surface area contributed by atoms with Crippen LogP contribution in [0.1, 0.15) is 28.1 Å². The van der Waals surface area contributed by atoms with Crippen molar-refractivity contribution in [2.24, 2.45) is 0 Å². The minimum Gasteiger partial charge on any atom is -0.469 e. The maximum atomic E-state index is 12.5. The molecule has 2 heterocycles. The summed E-state index contributed by atoms with van der Waals surface area (Å²) in [6, 6.07) is 11.9. The van der Waals surface area contributed by atoms with Crippen LogP contribution < -0.4 is 0 Å². The Kier molecular flexibility index (Phi) is 4.73. The van der Waals surface area contributed by atoms with Gasteiger partial charge in [0.15, 0.2) is 0 Å². The van der Waals surface area contributed by atoms with Gasteiger partial charge in [-0.3, -0.25) is 9.69 Å². The van der Waals surface area contributed by atoms with Crippen LogP contribution in [0.25, 0.3) is 0 Å². The number of nitrogens with zero attached hydrogens (tertiary/aromatic N) is 2. The van der Waals surface area contributed by atoms with Crippen molar-refractivity contribution in [1.29, 1.82) is 0 Å². The topological polar surface area (TPSA) is 56.9 Å². The van der Waals surface area contributed by atoms with Crippen LogP contribution >= 0.6 is 0 Å². The highest BCUT2D eigenvalue weighted by atomic mass is 16.3. The highest BCUT2D eigenvalue weighted by molar-refractivity contribution is 5.94. The number of hydrogen-bond donors (Lipinski definition) is 1. The van der Waals surface area contributed by atoms with Crippen LogP contribution in [0.3, 0.4) is 0 Å². The van der Waals surface area contributed by atoms with E-state index in [9.17, 15) is 9.90 Å². The van der Waals surface area contributed by atoms with E-state index in [2.05, 4.69) is 17.0 Å². The predicted molar refractivity (Wildman–Crippen MR) is 91.7 cm³/mol. The summed E-state index contributed by atoms with van der Waals surface area (Å²) in [6.07, 6.45) is 2.18. The molecule has 1 fully saturated rings. The summed E-state index contributed by atoms with van der Waals surface area (Å²) in [5.41, 5.74) is 0.928. The summed E-state index contributed by atoms with van der Waals surface area (Å²) < 4.78 is 5.20. The van der Waals surface area contributed by atoms with Gasteiger partial charge in [-0.1, -0.05) is 30.3 Å². The Balaban J connectivity index is 1.59. The monoisotopic (exact) mass is 328 g/mol. The lowest BCUT2D eigenvalue weighted by Crippen LogP contribution is -2.45. The normalized spacial score (nSPS) is 21.1. The van der Waals surface area contributed by atoms with Crippen LogP contribution in [0.2, 0.25) is 0 Å². The minimum absolute atomic E-state index is 0.115. The van der Waals surface area contributed by atoms with Gasteiger partial charge < -0.3 is 14.4 Å². The van der Waals surface area contributed by atoms with Crippen molar-refractivity contribution < 1.29 is 14.3 Å². The van der Waals surface area contributed by atoms with E-state index >= 15 is 0 Å². The largest absolute Gasteiger partial charge is 0.469 e. The third-order valence-corrected chi connectivity index (χ3v) is 4.63. The lowest BCUT2D eigenvalue weighted by molar-refractivity contribution is 0.0169. The molecule has 5 nitrogen and oxygen atoms in total. The molecule has 1 amide bonds. The average molecular weight is 328 g/mol. The van der Waals surface area contributed by atoms with Gasteiger partial charge in [-0.15, -0.1) is 0 Å². The molecule has 128 valence electrons. The number of β-amino-alcohol motifs (C(OH)–C–C–N with tert-alkyl or cyclic N) is 1. The molecule has 0 aliphatic carbocycles. The number of likely N-dealkylation sites (tertiary alicyclic amines) is 1. The van der Waals surface area contributed by atoms with Gasteiger partial charge in [0.1, 0.15) is 5.76 Å². The van der Waals surface area contributed by atoms with Crippen LogP contribution in [-0.4, -0.2) is 53.1 Å². The van der Waals surface area contributed by atoms with Crippen molar-refractivity contribution in [3.05, 3.63) is 59.5 Å². The van der Waals surface area contributed by atoms with E-state index in [1.807, 2.05) is 18.2 Å². The van der Waals surface area contributed by atoms with Gasteiger partial charge in [0.05, 0.1) is 24.0 Å². The molecule has 0 radical (unpaired) electrons. The molecule has 0 bridgehead atoms. The van der Waals surface area contributed by atoms with Crippen LogP contribution in [-0.2, 0) is 6.54 Å². The summed E-state index contributed by atoms with van der Waals surface area (Å²) in [7, 11) is 1.73. The zero-order valence-corrected chi connectivity index (χ0v) is 14.2. The van der Waals surface area contributed by atoms with Crippen molar-refractivity contribution in [3.63, 3.8) is 0 Å². The molecule has 1 aromatic heterocycles. The van der Waals surface area contributed by atoms with Gasteiger partial charge in [-0.05, 0) is 25.0 Å². The first kappa shape index (κ1) is 16.7. The smallest absolute Gasteiger partial charge is 0.257 e. The highest BCUT2D eigenvalue weighted by Crippen LogP contribution is 2.24. The molecule has 1 saturated heterocycles. The molecule has 0 spiro atoms. The molecule has 24 heavy (non-hydrogen) atoms. The van der Waals surface area contributed by atoms with E-state index in [1.165, 1.54) is 11.8 Å². The Morgan fingerprint density at radius 3 is 2.75 bits per heavy atom. The zero-order valence-electron chi connectivity index (χ0n) is 14.2. The van der Waals surface area contributed by atoms with Crippen molar-refractivity contribution in [2.75, 3.05) is 26.7 Å². The number of carbonyl (C=O) groups excluding carboxylic acids is 1. The number of rotatable bonds is 5. The van der Waals surface area contributed by atoms with E-state index < -0.39 is 5.60 Å². The second-order valence-corrected chi connectivity index (χ2v) is 6.72. The molecule has 1 aliphatic rings. The first-order valence-electron chi connectivity index (χ1n) is 8.25. The van der Waals surface area contributed by atoms with Crippen LogP contribution in [0, 0.1) is 6.92 Å². The predicted octanol–water partition coefficient (Wildman–Crippen LogP) is 2.30. The molecule has 1 atom stereocenters. The lowest BCUT2D eigenvalue weighted by atomic mass is 10.0. The summed E-state index contributed by atoms with van der Waals surface area (Å²) >= 11 is 0. The minimum atomic E-state index is -0.864. The number of furan rings is 1. The molecule has 1 aromatic carbocycles. The second kappa shape index (κ2) is 6.79. The maximum Gasteiger partial charge on any atom is 0.257 e. The fourth-order valence-electron chi connectivity index (χ4n) is 3.37. The van der Waals surface area contributed by atoms with E-state index in [0.717, 1.165) is 13.1 Å². The SMILES string of the molecule is Cc1occc1C(=O)N(C)C[C@]1(O)CCN(Cc2ccccc2)C1. The number of hydrogen-bond acceptors (Lipinski definition) is 4. The summed E-state index contributed by atoms with van der Waals surface area (Å²) in [5, 5.41) is 10.9. The van der Waals surface area contributed by atoms with Crippen molar-refractivity contribution in [3.8, 4) is 0 Å². The number of benzene rings is 1. The fraction of sp³-hybridized carbons (Fsp3) is 0.421. The van der Waals surface area contributed by atoms with Crippen LogP contribution in [0.4, 0.5) is 0 Å². The van der Waals surface area contributed by atoms with Gasteiger partial charge in [0.2, 0.25) is 0 Å². The Morgan fingerprint density at radius 1 is 1.33 bits per heavy atom. The molecule has 3 rings (SSSR count). The number of amides is 1. The first-order chi connectivity index (χ1) is 11.5. The quantitative estimate of drug-likeness (QED) is 0.915. The number of aryl methyl sites for hydroxylation is 1. The van der Waals surface area contributed by atoms with Gasteiger partial charge >= 0.3 is 0 Å². The summed E-state index contributed by atoms with van der Waals surface area (Å²) in [6.45, 7) is 4.32. The number of likely N-dealkylation sites (N-methyl/N-ethyl adjacent to an activating group) is 1. The van der Waals surface area contributed by atoms with Gasteiger partial charge in [0, 0.05) is 26.7 Å². The number of aliphatic hydroxyl groups is 1. The molecule has 2 aromatic rings. The zero-order chi connectivity index (χ0) is 17.2. The third kappa shape index (κ3) is 3.68. The lowest BCUT2D eigenvalue weighted by Gasteiger charge is -2.29. The van der Waals surface area contributed by atoms with Crippen molar-refractivity contribution in [2.45, 2.75) is 25.5 Å². The third-order valence-electron chi connectivity index (χ3n) is 4.63. The summed E-state index contributed by atoms with van der Waals surface area (Å²) in [5.74, 6) is 0.493. The van der Waals surface area contributed by atoms with Crippen LogP contribution in [0.5, 0.6) is 0 Å². The maximum absolute atomic E-state index is 12.5. The summed E-state index contributed by atoms with van der Waals surface area (Å²) in [4.78, 5) is 16.3. The molecule has 0 unspecified atom stereocenters. The fourth-order valence-corrected chi connectivity index (χ4v) is 3.37. The highest BCUT2D eigenvalue weighted by Gasteiger charge is 2.38. The standard InChI is InChI=1S/C19H24N2O3/c1-15-17(8-11-24-15)18(22)20(2)13-19(23)9-10-21(14-19)12-16-6-4-3-5-7-16/h3-8,11,23H,9-10,12-14H2,1-2H3/t19-/m1/s1. The van der Waals surface area contributed by atoms with Crippen LogP contribution in [0.15, 0.2) is 47.1 Å². The van der Waals surface area contributed by atoms with E-state index in [-0.39, 0.29) is 5.91 Å². The molecule has 1 N–H and O–H groups in total. The Labute approximate surface area is 142 Å². The Morgan fingerprint density at radius 2 is 2.08 bits per heavy atom. The average Bonchev–Trinajstić information content (AvgIpc) is 3.13. The Hall–Kier alpha value is -2.11. The van der Waals surface area contributed by atoms with E-state index in [4.69, 9.17) is 4.42 Å². The Bertz CT molecular complexity index is 698. The molecule has 1 aliphatic heterocycles. The van der Waals surface area contributed by atoms with Crippen molar-refractivity contribution >= 4 is 5.91 Å². The second-order valence-electron chi connectivity index (χ2n) is 6.72. The van der Waals surface area contributed by atoms with Crippen molar-refractivity contribution in [1.82, 2.24) is 9.80 Å². The first-order valence-corrected chi connectivity index (χ1v) is 8.25. The van der Waals surface area contributed by atoms with Gasteiger partial charge in [-0.25, -0.2) is 0 Å². The van der Waals surface area contributed by atoms with Gasteiger partial charge in [0.25, 0.3) is 5.91 Å². The molecule has 5 heteroatoms. The molecular formula is C19H24N2O3. The number of carbonyl (C=O) groups is 1. The molecule has 0 saturated carbocycles. The van der Waals surface area contributed by atoms with E-state index in [0.29, 0.717) is 30.8 Å². The van der Waals surface area contributed by atoms with Gasteiger partial charge in [-0.2, -0.15) is 0 Å².